The molecular formula is C12H20FNO4. The molecule has 0 radical (unpaired) electrons. The van der Waals surface area contributed by atoms with E-state index in [0.29, 0.717) is 13.0 Å². The van der Waals surface area contributed by atoms with Gasteiger partial charge in [0.1, 0.15) is 11.6 Å². The van der Waals surface area contributed by atoms with Gasteiger partial charge >= 0.3 is 12.1 Å². The summed E-state index contributed by atoms with van der Waals surface area (Å²) in [5, 5.41) is 0. The molecule has 1 amide bonds. The van der Waals surface area contributed by atoms with E-state index in [9.17, 15) is 14.0 Å². The lowest BCUT2D eigenvalue weighted by Crippen LogP contribution is -2.46. The number of esters is 1. The highest BCUT2D eigenvalue weighted by Gasteiger charge is 2.44. The van der Waals surface area contributed by atoms with E-state index in [4.69, 9.17) is 4.74 Å². The lowest BCUT2D eigenvalue weighted by molar-refractivity contribution is -0.147. The number of halogens is 1. The number of rotatable bonds is 2. The zero-order chi connectivity index (χ0) is 13.9. The van der Waals surface area contributed by atoms with Crippen molar-refractivity contribution in [2.45, 2.75) is 38.8 Å². The Morgan fingerprint density at radius 3 is 2.44 bits per heavy atom. The van der Waals surface area contributed by atoms with Crippen LogP contribution in [0.5, 0.6) is 0 Å². The molecule has 0 aromatic heterocycles. The second-order valence-corrected chi connectivity index (χ2v) is 5.34. The molecule has 0 spiro atoms. The fourth-order valence-electron chi connectivity index (χ4n) is 1.98. The molecule has 0 bridgehead atoms. The third-order valence-electron chi connectivity index (χ3n) is 2.79. The summed E-state index contributed by atoms with van der Waals surface area (Å²) in [6, 6.07) is -0.880. The minimum absolute atomic E-state index is 0.309. The van der Waals surface area contributed by atoms with Crippen molar-refractivity contribution < 1.29 is 23.5 Å². The quantitative estimate of drug-likeness (QED) is 0.711. The van der Waals surface area contributed by atoms with Gasteiger partial charge in [-0.1, -0.05) is 0 Å². The second kappa shape index (κ2) is 5.54. The van der Waals surface area contributed by atoms with Crippen LogP contribution in [-0.2, 0) is 14.3 Å². The monoisotopic (exact) mass is 261 g/mol. The molecule has 2 atom stereocenters. The number of likely N-dealkylation sites (tertiary alicyclic amines) is 1. The van der Waals surface area contributed by atoms with Crippen molar-refractivity contribution in [2.75, 3.05) is 20.3 Å². The lowest BCUT2D eigenvalue weighted by atomic mass is 10.0. The van der Waals surface area contributed by atoms with Gasteiger partial charge in [0.2, 0.25) is 0 Å². The average Bonchev–Trinajstić information content (AvgIpc) is 2.69. The Balaban J connectivity index is 2.81. The summed E-state index contributed by atoms with van der Waals surface area (Å²) in [4.78, 5) is 24.8. The normalized spacial score (nSPS) is 23.9. The van der Waals surface area contributed by atoms with Gasteiger partial charge in [-0.15, -0.1) is 0 Å². The van der Waals surface area contributed by atoms with Gasteiger partial charge in [0.15, 0.2) is 0 Å². The first kappa shape index (κ1) is 14.7. The second-order valence-electron chi connectivity index (χ2n) is 5.34. The number of ether oxygens (including phenoxy) is 2. The van der Waals surface area contributed by atoms with Gasteiger partial charge in [-0.2, -0.15) is 0 Å². The first-order valence-electron chi connectivity index (χ1n) is 5.93. The minimum atomic E-state index is -0.880. The van der Waals surface area contributed by atoms with E-state index in [1.165, 1.54) is 12.0 Å². The summed E-state index contributed by atoms with van der Waals surface area (Å²) in [6.45, 7) is 4.87. The topological polar surface area (TPSA) is 55.8 Å². The number of nitrogens with zero attached hydrogens (tertiary/aromatic N) is 1. The van der Waals surface area contributed by atoms with Crippen molar-refractivity contribution in [1.29, 1.82) is 0 Å². The Labute approximate surface area is 106 Å². The van der Waals surface area contributed by atoms with E-state index < -0.39 is 36.3 Å². The van der Waals surface area contributed by atoms with Gasteiger partial charge in [0.25, 0.3) is 0 Å². The fourth-order valence-corrected chi connectivity index (χ4v) is 1.98. The third-order valence-corrected chi connectivity index (χ3v) is 2.79. The predicted molar refractivity (Wildman–Crippen MR) is 62.8 cm³/mol. The summed E-state index contributed by atoms with van der Waals surface area (Å²) in [6.07, 6.45) is -0.163. The maximum absolute atomic E-state index is 12.8. The molecule has 0 aromatic rings. The molecule has 0 saturated carbocycles. The Bertz CT molecular complexity index is 327. The van der Waals surface area contributed by atoms with Crippen LogP contribution in [0.2, 0.25) is 0 Å². The van der Waals surface area contributed by atoms with E-state index in [0.717, 1.165) is 0 Å². The zero-order valence-corrected chi connectivity index (χ0v) is 11.2. The molecule has 1 aliphatic rings. The largest absolute Gasteiger partial charge is 0.467 e. The summed E-state index contributed by atoms with van der Waals surface area (Å²) >= 11 is 0. The van der Waals surface area contributed by atoms with Crippen LogP contribution < -0.4 is 0 Å². The van der Waals surface area contributed by atoms with Crippen molar-refractivity contribution in [3.63, 3.8) is 0 Å². The van der Waals surface area contributed by atoms with Gasteiger partial charge in [0.05, 0.1) is 13.8 Å². The molecule has 0 N–H and O–H groups in total. The number of carbonyl (C=O) groups is 2. The Kier molecular flexibility index (Phi) is 4.53. The average molecular weight is 261 g/mol. The molecule has 5 nitrogen and oxygen atoms in total. The summed E-state index contributed by atoms with van der Waals surface area (Å²) in [7, 11) is 1.23. The Morgan fingerprint density at radius 2 is 2.00 bits per heavy atom. The smallest absolute Gasteiger partial charge is 0.411 e. The van der Waals surface area contributed by atoms with E-state index in [1.54, 1.807) is 20.8 Å². The van der Waals surface area contributed by atoms with Gasteiger partial charge in [0, 0.05) is 12.5 Å². The highest BCUT2D eigenvalue weighted by Crippen LogP contribution is 2.27. The van der Waals surface area contributed by atoms with Gasteiger partial charge < -0.3 is 9.47 Å². The summed E-state index contributed by atoms with van der Waals surface area (Å²) in [5.74, 6) is -1.11. The van der Waals surface area contributed by atoms with Crippen molar-refractivity contribution in [3.8, 4) is 0 Å². The van der Waals surface area contributed by atoms with Crippen LogP contribution in [0.1, 0.15) is 27.2 Å². The fraction of sp³-hybridized carbons (Fsp3) is 0.833. The minimum Gasteiger partial charge on any atom is -0.467 e. The molecular weight excluding hydrogens is 241 g/mol. The third kappa shape index (κ3) is 3.34. The maximum Gasteiger partial charge on any atom is 0.411 e. The molecule has 0 aliphatic carbocycles. The number of amides is 1. The zero-order valence-electron chi connectivity index (χ0n) is 11.2. The molecule has 1 rings (SSSR count). The molecule has 104 valence electrons. The Morgan fingerprint density at radius 1 is 1.39 bits per heavy atom. The van der Waals surface area contributed by atoms with Crippen molar-refractivity contribution in [1.82, 2.24) is 4.90 Å². The molecule has 0 aromatic carbocycles. The van der Waals surface area contributed by atoms with Crippen molar-refractivity contribution in [2.24, 2.45) is 5.92 Å². The SMILES string of the molecule is COC(=O)[C@H]1[C@H](CF)CCN1C(=O)OC(C)(C)C. The molecule has 1 saturated heterocycles. The van der Waals surface area contributed by atoms with Crippen LogP contribution >= 0.6 is 0 Å². The van der Waals surface area contributed by atoms with Gasteiger partial charge in [-0.05, 0) is 27.2 Å². The molecule has 6 heteroatoms. The summed E-state index contributed by atoms with van der Waals surface area (Å²) in [5.41, 5.74) is -0.647. The summed E-state index contributed by atoms with van der Waals surface area (Å²) < 4.78 is 22.7. The lowest BCUT2D eigenvalue weighted by Gasteiger charge is -2.28. The van der Waals surface area contributed by atoms with Crippen molar-refractivity contribution in [3.05, 3.63) is 0 Å². The number of alkyl halides is 1. The Hall–Kier alpha value is -1.33. The van der Waals surface area contributed by atoms with Crippen LogP contribution in [0, 0.1) is 5.92 Å². The highest BCUT2D eigenvalue weighted by atomic mass is 19.1. The van der Waals surface area contributed by atoms with Gasteiger partial charge in [-0.25, -0.2) is 9.59 Å². The van der Waals surface area contributed by atoms with Crippen LogP contribution in [-0.4, -0.2) is 48.9 Å². The first-order valence-corrected chi connectivity index (χ1v) is 5.93. The van der Waals surface area contributed by atoms with Crippen molar-refractivity contribution >= 4 is 12.1 Å². The van der Waals surface area contributed by atoms with E-state index in [-0.39, 0.29) is 0 Å². The highest BCUT2D eigenvalue weighted by molar-refractivity contribution is 5.82. The van der Waals surface area contributed by atoms with Gasteiger partial charge in [-0.3, -0.25) is 9.29 Å². The standard InChI is InChI=1S/C12H20FNO4/c1-12(2,3)18-11(16)14-6-5-8(7-13)9(14)10(15)17-4/h8-9H,5-7H2,1-4H3/t8-,9+/m0/s1. The number of methoxy groups -OCH3 is 1. The molecule has 1 fully saturated rings. The van der Waals surface area contributed by atoms with Crippen LogP contribution in [0.15, 0.2) is 0 Å². The predicted octanol–water partition coefficient (Wildman–Crippen LogP) is 1.75. The first-order chi connectivity index (χ1) is 8.30. The van der Waals surface area contributed by atoms with E-state index in [1.807, 2.05) is 0 Å². The maximum atomic E-state index is 12.8. The number of hydrogen-bond acceptors (Lipinski definition) is 4. The molecule has 0 unspecified atom stereocenters. The number of carbonyl (C=O) groups excluding carboxylic acids is 2. The van der Waals surface area contributed by atoms with Crippen LogP contribution in [0.25, 0.3) is 0 Å². The molecule has 1 heterocycles. The van der Waals surface area contributed by atoms with E-state index >= 15 is 0 Å². The molecule has 1 aliphatic heterocycles. The van der Waals surface area contributed by atoms with Crippen LogP contribution in [0.4, 0.5) is 9.18 Å². The van der Waals surface area contributed by atoms with Crippen LogP contribution in [0.3, 0.4) is 0 Å². The van der Waals surface area contributed by atoms with E-state index in [2.05, 4.69) is 4.74 Å². The number of hydrogen-bond donors (Lipinski definition) is 0. The molecule has 18 heavy (non-hydrogen) atoms.